The lowest BCUT2D eigenvalue weighted by atomic mass is 9.96. The summed E-state index contributed by atoms with van der Waals surface area (Å²) in [5.74, 6) is -0.342. The van der Waals surface area contributed by atoms with Crippen LogP contribution >= 0.6 is 11.8 Å². The lowest BCUT2D eigenvalue weighted by Crippen LogP contribution is -2.37. The van der Waals surface area contributed by atoms with Crippen LogP contribution in [0.3, 0.4) is 0 Å². The van der Waals surface area contributed by atoms with E-state index in [9.17, 15) is 9.59 Å². The van der Waals surface area contributed by atoms with E-state index in [-0.39, 0.29) is 30.3 Å². The fourth-order valence-electron chi connectivity index (χ4n) is 4.31. The number of halogens is 1. The first kappa shape index (κ1) is 23.9. The molecule has 178 valence electrons. The van der Waals surface area contributed by atoms with E-state index in [1.807, 2.05) is 35.2 Å². The van der Waals surface area contributed by atoms with Crippen LogP contribution in [0.15, 0.2) is 53.4 Å². The first-order valence-corrected chi connectivity index (χ1v) is 12.2. The molecule has 2 aromatic rings. The largest absolute Gasteiger partial charge is 0.442 e. The SMILES string of the molecule is [C-]#[N+]C(Sc1ccccc1)C1CCN(c2ccc(N3C[C@H](CNC(C)=O)OC3=O)cc2F)CC1. The second-order valence-electron chi connectivity index (χ2n) is 8.46. The van der Waals surface area contributed by atoms with Gasteiger partial charge in [0.25, 0.3) is 5.37 Å². The van der Waals surface area contributed by atoms with Crippen LogP contribution < -0.4 is 15.1 Å². The quantitative estimate of drug-likeness (QED) is 0.464. The average Bonchev–Trinajstić information content (AvgIpc) is 3.22. The summed E-state index contributed by atoms with van der Waals surface area (Å²) in [7, 11) is 0. The van der Waals surface area contributed by atoms with Crippen LogP contribution in [0.25, 0.3) is 4.85 Å². The summed E-state index contributed by atoms with van der Waals surface area (Å²) in [5, 5.41) is 2.48. The number of thioether (sulfide) groups is 1. The van der Waals surface area contributed by atoms with Crippen molar-refractivity contribution in [3.05, 3.63) is 65.8 Å². The van der Waals surface area contributed by atoms with Crippen molar-refractivity contribution in [3.63, 3.8) is 0 Å². The highest BCUT2D eigenvalue weighted by Crippen LogP contribution is 2.36. The van der Waals surface area contributed by atoms with E-state index in [0.717, 1.165) is 17.7 Å². The molecule has 2 fully saturated rings. The van der Waals surface area contributed by atoms with Crippen LogP contribution in [0.5, 0.6) is 0 Å². The number of piperidine rings is 1. The van der Waals surface area contributed by atoms with Gasteiger partial charge in [-0.05, 0) is 54.9 Å². The molecule has 7 nitrogen and oxygen atoms in total. The predicted molar refractivity (Wildman–Crippen MR) is 130 cm³/mol. The molecule has 2 aromatic carbocycles. The van der Waals surface area contributed by atoms with Crippen LogP contribution in [0.1, 0.15) is 19.8 Å². The maximum atomic E-state index is 15.0. The molecule has 1 unspecified atom stereocenters. The second-order valence-corrected chi connectivity index (χ2v) is 9.65. The number of rotatable bonds is 7. The highest BCUT2D eigenvalue weighted by molar-refractivity contribution is 8.00. The lowest BCUT2D eigenvalue weighted by molar-refractivity contribution is -0.119. The molecule has 2 saturated heterocycles. The lowest BCUT2D eigenvalue weighted by Gasteiger charge is -2.34. The van der Waals surface area contributed by atoms with Crippen LogP contribution in [0.4, 0.5) is 20.6 Å². The Morgan fingerprint density at radius 3 is 2.65 bits per heavy atom. The number of amides is 2. The first-order valence-electron chi connectivity index (χ1n) is 11.3. The molecule has 2 heterocycles. The van der Waals surface area contributed by atoms with E-state index in [1.165, 1.54) is 17.9 Å². The number of anilines is 2. The molecule has 2 aliphatic rings. The van der Waals surface area contributed by atoms with Gasteiger partial charge in [-0.25, -0.2) is 15.8 Å². The van der Waals surface area contributed by atoms with Gasteiger partial charge in [0.2, 0.25) is 5.91 Å². The number of hydrogen-bond donors (Lipinski definition) is 1. The fraction of sp³-hybridized carbons (Fsp3) is 0.400. The summed E-state index contributed by atoms with van der Waals surface area (Å²) in [4.78, 5) is 31.6. The third-order valence-electron chi connectivity index (χ3n) is 6.11. The third-order valence-corrected chi connectivity index (χ3v) is 7.38. The first-order chi connectivity index (χ1) is 16.4. The van der Waals surface area contributed by atoms with Crippen molar-refractivity contribution in [2.75, 3.05) is 36.0 Å². The maximum Gasteiger partial charge on any atom is 0.414 e. The molecule has 34 heavy (non-hydrogen) atoms. The Hall–Kier alpha value is -3.25. The van der Waals surface area contributed by atoms with Crippen molar-refractivity contribution >= 4 is 35.1 Å². The van der Waals surface area contributed by atoms with Crippen molar-refractivity contribution in [3.8, 4) is 0 Å². The van der Waals surface area contributed by atoms with E-state index in [1.54, 1.807) is 23.9 Å². The van der Waals surface area contributed by atoms with E-state index in [4.69, 9.17) is 11.3 Å². The molecular weight excluding hydrogens is 455 g/mol. The molecule has 2 aliphatic heterocycles. The summed E-state index contributed by atoms with van der Waals surface area (Å²) in [6.45, 7) is 10.9. The minimum Gasteiger partial charge on any atom is -0.442 e. The van der Waals surface area contributed by atoms with Gasteiger partial charge in [0.15, 0.2) is 0 Å². The van der Waals surface area contributed by atoms with Crippen molar-refractivity contribution in [2.24, 2.45) is 5.92 Å². The fourth-order valence-corrected chi connectivity index (χ4v) is 5.42. The Bertz CT molecular complexity index is 1070. The van der Waals surface area contributed by atoms with E-state index in [2.05, 4.69) is 10.2 Å². The Morgan fingerprint density at radius 2 is 2.00 bits per heavy atom. The zero-order valence-corrected chi connectivity index (χ0v) is 19.8. The maximum absolute atomic E-state index is 15.0. The number of carbonyl (C=O) groups is 2. The standard InChI is InChI=1S/C25H27FN4O3S/c1-17(31)28-15-20-16-30(25(32)33-20)19-8-9-23(22(26)14-19)29-12-10-18(11-13-29)24(27-2)34-21-6-4-3-5-7-21/h3-9,14,18,20,24H,10-13,15-16H2,1H3,(H,28,31)/t20-,24?/m0/s1. The molecule has 1 N–H and O–H groups in total. The average molecular weight is 483 g/mol. The predicted octanol–water partition coefficient (Wildman–Crippen LogP) is 4.54. The van der Waals surface area contributed by atoms with Gasteiger partial charge in [0.1, 0.15) is 11.9 Å². The molecule has 4 rings (SSSR count). The monoisotopic (exact) mass is 482 g/mol. The van der Waals surface area contributed by atoms with Gasteiger partial charge >= 0.3 is 6.09 Å². The van der Waals surface area contributed by atoms with Gasteiger partial charge in [-0.3, -0.25) is 9.69 Å². The van der Waals surface area contributed by atoms with Crippen LogP contribution in [0.2, 0.25) is 0 Å². The van der Waals surface area contributed by atoms with Crippen LogP contribution in [-0.4, -0.2) is 49.7 Å². The van der Waals surface area contributed by atoms with E-state index >= 15 is 4.39 Å². The van der Waals surface area contributed by atoms with E-state index < -0.39 is 18.0 Å². The summed E-state index contributed by atoms with van der Waals surface area (Å²) in [6, 6.07) is 14.7. The number of nitrogens with zero attached hydrogens (tertiary/aromatic N) is 3. The number of carbonyl (C=O) groups excluding carboxylic acids is 2. The van der Waals surface area contributed by atoms with Crippen molar-refractivity contribution in [1.82, 2.24) is 5.32 Å². The Balaban J connectivity index is 1.35. The zero-order chi connectivity index (χ0) is 24.1. The molecule has 2 atom stereocenters. The molecule has 0 spiro atoms. The number of benzene rings is 2. The Labute approximate surface area is 203 Å². The van der Waals surface area contributed by atoms with Crippen molar-refractivity contribution < 1.29 is 18.7 Å². The highest BCUT2D eigenvalue weighted by atomic mass is 32.2. The molecule has 0 aliphatic carbocycles. The van der Waals surface area contributed by atoms with Crippen LogP contribution in [-0.2, 0) is 9.53 Å². The molecule has 0 aromatic heterocycles. The minimum absolute atomic E-state index is 0.150. The Morgan fingerprint density at radius 1 is 1.26 bits per heavy atom. The summed E-state index contributed by atoms with van der Waals surface area (Å²) < 4.78 is 20.3. The molecule has 0 bridgehead atoms. The summed E-state index contributed by atoms with van der Waals surface area (Å²) in [6.07, 6.45) is 0.612. The topological polar surface area (TPSA) is 66.2 Å². The number of nitrogens with one attached hydrogen (secondary N) is 1. The van der Waals surface area contributed by atoms with E-state index in [0.29, 0.717) is 24.5 Å². The van der Waals surface area contributed by atoms with Crippen molar-refractivity contribution in [1.29, 1.82) is 0 Å². The minimum atomic E-state index is -0.551. The molecule has 2 amide bonds. The van der Waals surface area contributed by atoms with Gasteiger partial charge in [0, 0.05) is 30.8 Å². The molecule has 9 heteroatoms. The van der Waals surface area contributed by atoms with Gasteiger partial charge in [-0.15, -0.1) is 0 Å². The smallest absolute Gasteiger partial charge is 0.414 e. The number of cyclic esters (lactones) is 1. The molecular formula is C25H27FN4O3S. The normalized spacial score (nSPS) is 19.4. The highest BCUT2D eigenvalue weighted by Gasteiger charge is 2.34. The van der Waals surface area contributed by atoms with Crippen molar-refractivity contribution in [2.45, 2.75) is 36.1 Å². The van der Waals surface area contributed by atoms with Gasteiger partial charge in [0.05, 0.1) is 24.5 Å². The summed E-state index contributed by atoms with van der Waals surface area (Å²) in [5.41, 5.74) is 0.929. The Kier molecular flexibility index (Phi) is 7.58. The van der Waals surface area contributed by atoms with Gasteiger partial charge in [-0.2, -0.15) is 0 Å². The number of ether oxygens (including phenoxy) is 1. The molecule has 0 radical (unpaired) electrons. The molecule has 0 saturated carbocycles. The second kappa shape index (κ2) is 10.8. The van der Waals surface area contributed by atoms with Crippen LogP contribution in [0, 0.1) is 18.3 Å². The zero-order valence-electron chi connectivity index (χ0n) is 18.9. The third kappa shape index (κ3) is 5.62. The van der Waals surface area contributed by atoms with Gasteiger partial charge in [-0.1, -0.05) is 18.2 Å². The number of hydrogen-bond acceptors (Lipinski definition) is 5. The summed E-state index contributed by atoms with van der Waals surface area (Å²) >= 11 is 1.60. The van der Waals surface area contributed by atoms with Gasteiger partial charge < -0.3 is 19.8 Å².